The zero-order valence-electron chi connectivity index (χ0n) is 9.75. The smallest absolute Gasteiger partial charge is 0.129 e. The Kier molecular flexibility index (Phi) is 5.87. The van der Waals surface area contributed by atoms with Crippen molar-refractivity contribution in [3.05, 3.63) is 43.1 Å². The molecule has 7 nitrogen and oxygen atoms in total. The summed E-state index contributed by atoms with van der Waals surface area (Å²) in [7, 11) is 1.51. The molecule has 0 aromatic heterocycles. The molecular formula is C10H11BrN6O. The monoisotopic (exact) mass is 310 g/mol. The van der Waals surface area contributed by atoms with Gasteiger partial charge in [-0.05, 0) is 51.5 Å². The first kappa shape index (κ1) is 14.2. The van der Waals surface area contributed by atoms with Gasteiger partial charge in [-0.15, -0.1) is 0 Å². The number of azide groups is 2. The highest BCUT2D eigenvalue weighted by Gasteiger charge is 2.10. The zero-order valence-corrected chi connectivity index (χ0v) is 11.3. The maximum Gasteiger partial charge on any atom is 0.129 e. The van der Waals surface area contributed by atoms with Gasteiger partial charge in [-0.3, -0.25) is 0 Å². The van der Waals surface area contributed by atoms with Crippen molar-refractivity contribution in [3.8, 4) is 5.75 Å². The zero-order chi connectivity index (χ0) is 13.4. The summed E-state index contributed by atoms with van der Waals surface area (Å²) in [5, 5.41) is 7.08. The number of aryl methyl sites for hydroxylation is 1. The molecule has 0 aliphatic rings. The van der Waals surface area contributed by atoms with Crippen LogP contribution in [-0.4, -0.2) is 13.7 Å². The predicted molar refractivity (Wildman–Crippen MR) is 71.8 cm³/mol. The van der Waals surface area contributed by atoms with Gasteiger partial charge in [0.15, 0.2) is 0 Å². The van der Waals surface area contributed by atoms with Crippen LogP contribution in [0, 0.1) is 0 Å². The highest BCUT2D eigenvalue weighted by molar-refractivity contribution is 9.10. The number of methoxy groups -OCH3 is 1. The first-order valence-corrected chi connectivity index (χ1v) is 5.95. The molecular weight excluding hydrogens is 300 g/mol. The van der Waals surface area contributed by atoms with Crippen molar-refractivity contribution in [2.45, 2.75) is 12.8 Å². The van der Waals surface area contributed by atoms with Crippen LogP contribution in [0.1, 0.15) is 12.0 Å². The van der Waals surface area contributed by atoms with Gasteiger partial charge in [0.2, 0.25) is 0 Å². The van der Waals surface area contributed by atoms with E-state index < -0.39 is 0 Å². The van der Waals surface area contributed by atoms with Crippen LogP contribution in [0.25, 0.3) is 20.9 Å². The van der Waals surface area contributed by atoms with Gasteiger partial charge in [0.05, 0.1) is 12.8 Å². The molecule has 0 N–H and O–H groups in total. The summed E-state index contributed by atoms with van der Waals surface area (Å²) < 4.78 is 5.82. The van der Waals surface area contributed by atoms with Crippen LogP contribution in [0.4, 0.5) is 5.69 Å². The fraction of sp³-hybridized carbons (Fsp3) is 0.400. The minimum Gasteiger partial charge on any atom is -0.496 e. The lowest BCUT2D eigenvalue weighted by atomic mass is 10.1. The Hall–Kier alpha value is -1.88. The molecule has 94 valence electrons. The van der Waals surface area contributed by atoms with Gasteiger partial charge < -0.3 is 4.74 Å². The second-order valence-corrected chi connectivity index (χ2v) is 4.13. The predicted octanol–water partition coefficient (Wildman–Crippen LogP) is 4.64. The SMILES string of the molecule is COc1ccc(CCCN=[N+]=[N-])c(Br)c1N=[N+]=[N-]. The van der Waals surface area contributed by atoms with E-state index in [4.69, 9.17) is 15.8 Å². The van der Waals surface area contributed by atoms with Gasteiger partial charge in [0.1, 0.15) is 5.75 Å². The third-order valence-corrected chi connectivity index (χ3v) is 3.18. The van der Waals surface area contributed by atoms with E-state index >= 15 is 0 Å². The molecule has 0 fully saturated rings. The summed E-state index contributed by atoms with van der Waals surface area (Å²) in [5.74, 6) is 0.512. The van der Waals surface area contributed by atoms with Crippen molar-refractivity contribution in [2.75, 3.05) is 13.7 Å². The topological polar surface area (TPSA) is 107 Å². The van der Waals surface area contributed by atoms with E-state index in [9.17, 15) is 0 Å². The van der Waals surface area contributed by atoms with Crippen molar-refractivity contribution < 1.29 is 4.74 Å². The lowest BCUT2D eigenvalue weighted by molar-refractivity contribution is 0.415. The van der Waals surface area contributed by atoms with E-state index in [1.165, 1.54) is 7.11 Å². The first-order valence-electron chi connectivity index (χ1n) is 5.16. The normalized spacial score (nSPS) is 9.22. The highest BCUT2D eigenvalue weighted by Crippen LogP contribution is 2.38. The van der Waals surface area contributed by atoms with Crippen molar-refractivity contribution in [1.82, 2.24) is 0 Å². The molecule has 0 amide bonds. The number of rotatable bonds is 6. The molecule has 0 saturated carbocycles. The maximum absolute atomic E-state index is 8.53. The third kappa shape index (κ3) is 3.56. The van der Waals surface area contributed by atoms with Gasteiger partial charge in [-0.25, -0.2) is 0 Å². The van der Waals surface area contributed by atoms with Gasteiger partial charge in [0, 0.05) is 20.8 Å². The van der Waals surface area contributed by atoms with Gasteiger partial charge in [0.25, 0.3) is 0 Å². The fourth-order valence-electron chi connectivity index (χ4n) is 1.47. The van der Waals surface area contributed by atoms with Crippen molar-refractivity contribution in [2.24, 2.45) is 10.2 Å². The first-order chi connectivity index (χ1) is 8.74. The van der Waals surface area contributed by atoms with Crippen molar-refractivity contribution in [3.63, 3.8) is 0 Å². The van der Waals surface area contributed by atoms with Crippen LogP contribution < -0.4 is 4.74 Å². The molecule has 8 heteroatoms. The molecule has 0 radical (unpaired) electrons. The Bertz CT molecular complexity index is 519. The summed E-state index contributed by atoms with van der Waals surface area (Å²) in [4.78, 5) is 5.46. The van der Waals surface area contributed by atoms with Crippen LogP contribution in [0.3, 0.4) is 0 Å². The van der Waals surface area contributed by atoms with Crippen molar-refractivity contribution >= 4 is 21.6 Å². The van der Waals surface area contributed by atoms with E-state index in [1.807, 2.05) is 6.07 Å². The van der Waals surface area contributed by atoms with Gasteiger partial charge in [-0.1, -0.05) is 16.3 Å². The number of halogens is 1. The van der Waals surface area contributed by atoms with E-state index in [0.29, 0.717) is 22.5 Å². The number of benzene rings is 1. The lowest BCUT2D eigenvalue weighted by Gasteiger charge is -2.10. The molecule has 0 spiro atoms. The molecule has 1 aromatic carbocycles. The standard InChI is InChI=1S/C10H11BrN6O/c1-18-8-5-4-7(3-2-6-14-16-12)9(11)10(8)15-17-13/h4-5H,2-3,6H2,1H3. The number of nitrogens with zero attached hydrogens (tertiary/aromatic N) is 6. The maximum atomic E-state index is 8.53. The van der Waals surface area contributed by atoms with Crippen LogP contribution >= 0.6 is 15.9 Å². The second kappa shape index (κ2) is 7.45. The summed E-state index contributed by atoms with van der Waals surface area (Å²) in [6.45, 7) is 0.436. The second-order valence-electron chi connectivity index (χ2n) is 3.34. The van der Waals surface area contributed by atoms with E-state index in [0.717, 1.165) is 18.4 Å². The van der Waals surface area contributed by atoms with E-state index in [-0.39, 0.29) is 0 Å². The van der Waals surface area contributed by atoms with Gasteiger partial charge >= 0.3 is 0 Å². The van der Waals surface area contributed by atoms with Crippen molar-refractivity contribution in [1.29, 1.82) is 0 Å². The quantitative estimate of drug-likeness (QED) is 0.324. The van der Waals surface area contributed by atoms with E-state index in [1.54, 1.807) is 6.07 Å². The Morgan fingerprint density at radius 1 is 1.33 bits per heavy atom. The molecule has 1 rings (SSSR count). The van der Waals surface area contributed by atoms with Gasteiger partial charge in [-0.2, -0.15) is 0 Å². The highest BCUT2D eigenvalue weighted by atomic mass is 79.9. The molecule has 0 bridgehead atoms. The van der Waals surface area contributed by atoms with Crippen LogP contribution in [0.5, 0.6) is 5.75 Å². The minimum absolute atomic E-state index is 0.432. The summed E-state index contributed by atoms with van der Waals surface area (Å²) in [6.07, 6.45) is 1.45. The molecule has 0 aliphatic heterocycles. The van der Waals surface area contributed by atoms with Crippen LogP contribution in [0.15, 0.2) is 26.8 Å². The Morgan fingerprint density at radius 2 is 2.11 bits per heavy atom. The molecule has 0 unspecified atom stereocenters. The average molecular weight is 311 g/mol. The largest absolute Gasteiger partial charge is 0.496 e. The molecule has 0 atom stereocenters. The number of ether oxygens (including phenoxy) is 1. The lowest BCUT2D eigenvalue weighted by Crippen LogP contribution is -1.92. The van der Waals surface area contributed by atoms with E-state index in [2.05, 4.69) is 36.0 Å². The Balaban J connectivity index is 2.96. The fourth-order valence-corrected chi connectivity index (χ4v) is 2.07. The Morgan fingerprint density at radius 3 is 2.72 bits per heavy atom. The summed E-state index contributed by atoms with van der Waals surface area (Å²) in [5.41, 5.74) is 18.1. The summed E-state index contributed by atoms with van der Waals surface area (Å²) >= 11 is 3.39. The minimum atomic E-state index is 0.432. The number of hydrogen-bond acceptors (Lipinski definition) is 3. The Labute approximate surface area is 112 Å². The molecule has 0 heterocycles. The average Bonchev–Trinajstić information content (AvgIpc) is 2.39. The number of hydrogen-bond donors (Lipinski definition) is 0. The van der Waals surface area contributed by atoms with Crippen LogP contribution in [0.2, 0.25) is 0 Å². The summed E-state index contributed by atoms with van der Waals surface area (Å²) in [6, 6.07) is 3.63. The third-order valence-electron chi connectivity index (χ3n) is 2.29. The molecule has 18 heavy (non-hydrogen) atoms. The van der Waals surface area contributed by atoms with Crippen LogP contribution in [-0.2, 0) is 6.42 Å². The molecule has 0 saturated heterocycles. The molecule has 1 aromatic rings. The molecule has 0 aliphatic carbocycles.